The minimum Gasteiger partial charge on any atom is -0.405 e. The van der Waals surface area contributed by atoms with Crippen molar-refractivity contribution in [2.24, 2.45) is 21.5 Å². The van der Waals surface area contributed by atoms with Crippen LogP contribution in [0.15, 0.2) is 162 Å². The number of nitrogens with zero attached hydrogens (tertiary/aromatic N) is 2. The first-order valence-electron chi connectivity index (χ1n) is 15.5. The van der Waals surface area contributed by atoms with E-state index in [1.54, 1.807) is 6.20 Å². The summed E-state index contributed by atoms with van der Waals surface area (Å²) in [7, 11) is 0. The van der Waals surface area contributed by atoms with Gasteiger partial charge in [0.25, 0.3) is 0 Å². The van der Waals surface area contributed by atoms with E-state index in [2.05, 4.69) is 91.0 Å². The molecule has 0 aliphatic heterocycles. The monoisotopic (exact) mass is 594 g/mol. The van der Waals surface area contributed by atoms with Gasteiger partial charge in [-0.1, -0.05) is 140 Å². The van der Waals surface area contributed by atoms with Gasteiger partial charge in [0.1, 0.15) is 5.84 Å². The second-order valence-corrected chi connectivity index (χ2v) is 11.3. The van der Waals surface area contributed by atoms with E-state index in [9.17, 15) is 0 Å². The van der Waals surface area contributed by atoms with Crippen molar-refractivity contribution in [1.29, 1.82) is 0 Å². The number of rotatable bonds is 7. The molecule has 0 atom stereocenters. The van der Waals surface area contributed by atoms with Crippen molar-refractivity contribution >= 4 is 28.0 Å². The second kappa shape index (κ2) is 12.5. The fourth-order valence-electron chi connectivity index (χ4n) is 6.27. The van der Waals surface area contributed by atoms with Crippen molar-refractivity contribution in [3.63, 3.8) is 0 Å². The van der Waals surface area contributed by atoms with E-state index in [4.69, 9.17) is 21.5 Å². The maximum atomic E-state index is 6.59. The molecule has 4 nitrogen and oxygen atoms in total. The summed E-state index contributed by atoms with van der Waals surface area (Å²) >= 11 is 0. The lowest BCUT2D eigenvalue weighted by atomic mass is 9.94. The van der Waals surface area contributed by atoms with Crippen LogP contribution in [0.25, 0.3) is 49.7 Å². The summed E-state index contributed by atoms with van der Waals surface area (Å²) in [6.45, 7) is 2.49. The first kappa shape index (κ1) is 28.8. The van der Waals surface area contributed by atoms with Crippen molar-refractivity contribution in [2.45, 2.75) is 13.5 Å². The summed E-state index contributed by atoms with van der Waals surface area (Å²) in [5.74, 6) is 0.999. The number of hydrogen-bond acceptors (Lipinski definition) is 2. The molecule has 0 heterocycles. The van der Waals surface area contributed by atoms with Crippen LogP contribution in [-0.4, -0.2) is 11.7 Å². The largest absolute Gasteiger partial charge is 0.405 e. The Balaban J connectivity index is 1.24. The molecule has 1 aliphatic rings. The average molecular weight is 595 g/mol. The Morgan fingerprint density at radius 1 is 0.609 bits per heavy atom. The van der Waals surface area contributed by atoms with E-state index in [-0.39, 0.29) is 0 Å². The number of benzene rings is 6. The third kappa shape index (κ3) is 5.42. The van der Waals surface area contributed by atoms with Gasteiger partial charge in [0.15, 0.2) is 5.84 Å². The van der Waals surface area contributed by atoms with Crippen LogP contribution in [0.1, 0.15) is 29.2 Å². The molecule has 0 radical (unpaired) electrons. The molecule has 0 bridgehead atoms. The molecule has 6 aromatic carbocycles. The van der Waals surface area contributed by atoms with Crippen LogP contribution in [0.4, 0.5) is 0 Å². The van der Waals surface area contributed by atoms with Gasteiger partial charge in [-0.15, -0.1) is 0 Å². The van der Waals surface area contributed by atoms with Gasteiger partial charge in [-0.05, 0) is 80.1 Å². The van der Waals surface area contributed by atoms with Crippen molar-refractivity contribution in [3.05, 3.63) is 174 Å². The smallest absolute Gasteiger partial charge is 0.157 e. The van der Waals surface area contributed by atoms with Crippen LogP contribution in [0.2, 0.25) is 0 Å². The molecule has 0 amide bonds. The van der Waals surface area contributed by atoms with Crippen molar-refractivity contribution in [3.8, 4) is 33.4 Å². The van der Waals surface area contributed by atoms with E-state index in [0.717, 1.165) is 33.4 Å². The van der Waals surface area contributed by atoms with Crippen molar-refractivity contribution < 1.29 is 0 Å². The van der Waals surface area contributed by atoms with E-state index in [1.165, 1.54) is 38.6 Å². The standard InChI is InChI=1S/C42H34N4/c1-2-29(25-26-43)30-15-19-32(20-16-30)41(44)46-42(45-27-28-9-4-3-5-10-28)33-21-17-31(18-22-33)34-23-24-39-36-12-7-6-11-35(36)38-14-8-13-37(34)40(38)39/h2-26H,27,43H2,1H3,(H2,44,45,46)/b26-25-,29-2+. The Hall–Kier alpha value is -6.00. The maximum absolute atomic E-state index is 6.59. The normalized spacial score (nSPS) is 13.0. The molecule has 0 fully saturated rings. The molecule has 222 valence electrons. The Morgan fingerprint density at radius 3 is 1.91 bits per heavy atom. The van der Waals surface area contributed by atoms with E-state index < -0.39 is 0 Å². The highest BCUT2D eigenvalue weighted by molar-refractivity contribution is 6.18. The maximum Gasteiger partial charge on any atom is 0.157 e. The van der Waals surface area contributed by atoms with Crippen LogP contribution >= 0.6 is 0 Å². The zero-order valence-electron chi connectivity index (χ0n) is 25.7. The highest BCUT2D eigenvalue weighted by Crippen LogP contribution is 2.49. The molecule has 6 aromatic rings. The van der Waals surface area contributed by atoms with E-state index >= 15 is 0 Å². The SMILES string of the molecule is C/C=C(\C=C/N)c1ccc(C(N)=NC(=NCc2ccccc2)c2ccc(-c3ccc4c5c(cccc35)-c3ccccc3-4)cc2)cc1. The fraction of sp³-hybridized carbons (Fsp3) is 0.0476. The molecule has 0 saturated heterocycles. The minimum absolute atomic E-state index is 0.408. The number of nitrogens with two attached hydrogens (primary N) is 2. The van der Waals surface area contributed by atoms with Gasteiger partial charge in [-0.3, -0.25) is 4.99 Å². The van der Waals surface area contributed by atoms with Crippen molar-refractivity contribution in [1.82, 2.24) is 0 Å². The lowest BCUT2D eigenvalue weighted by Gasteiger charge is -2.11. The Bertz CT molecular complexity index is 2140. The van der Waals surface area contributed by atoms with Gasteiger partial charge in [-0.2, -0.15) is 0 Å². The van der Waals surface area contributed by atoms with Gasteiger partial charge < -0.3 is 11.5 Å². The number of hydrogen-bond donors (Lipinski definition) is 2. The molecule has 7 rings (SSSR count). The zero-order valence-corrected chi connectivity index (χ0v) is 25.7. The second-order valence-electron chi connectivity index (χ2n) is 11.3. The van der Waals surface area contributed by atoms with Gasteiger partial charge in [-0.25, -0.2) is 4.99 Å². The molecule has 4 heteroatoms. The van der Waals surface area contributed by atoms with Crippen LogP contribution in [0.5, 0.6) is 0 Å². The minimum atomic E-state index is 0.408. The van der Waals surface area contributed by atoms with Crippen LogP contribution in [-0.2, 0) is 6.54 Å². The first-order chi connectivity index (χ1) is 22.6. The highest BCUT2D eigenvalue weighted by Gasteiger charge is 2.22. The molecule has 0 unspecified atom stereocenters. The summed E-state index contributed by atoms with van der Waals surface area (Å²) in [6, 6.07) is 46.5. The quantitative estimate of drug-likeness (QED) is 0.110. The lowest BCUT2D eigenvalue weighted by Crippen LogP contribution is -2.16. The molecule has 4 N–H and O–H groups in total. The Kier molecular flexibility index (Phi) is 7.84. The Labute approximate surface area is 269 Å². The molecule has 0 saturated carbocycles. The van der Waals surface area contributed by atoms with Gasteiger partial charge in [0.2, 0.25) is 0 Å². The highest BCUT2D eigenvalue weighted by atomic mass is 15.0. The van der Waals surface area contributed by atoms with E-state index in [1.807, 2.05) is 61.5 Å². The first-order valence-corrected chi connectivity index (χ1v) is 15.5. The number of aliphatic imine (C=N–C) groups is 2. The topological polar surface area (TPSA) is 76.8 Å². The predicted molar refractivity (Wildman–Crippen MR) is 195 cm³/mol. The predicted octanol–water partition coefficient (Wildman–Crippen LogP) is 9.38. The summed E-state index contributed by atoms with van der Waals surface area (Å²) in [5, 5.41) is 2.57. The average Bonchev–Trinajstić information content (AvgIpc) is 3.44. The molecule has 46 heavy (non-hydrogen) atoms. The van der Waals surface area contributed by atoms with Gasteiger partial charge >= 0.3 is 0 Å². The number of fused-ring (bicyclic) bond motifs is 3. The third-order valence-electron chi connectivity index (χ3n) is 8.58. The Morgan fingerprint density at radius 2 is 1.22 bits per heavy atom. The van der Waals surface area contributed by atoms with Gasteiger partial charge in [0.05, 0.1) is 6.54 Å². The molecule has 0 spiro atoms. The van der Waals surface area contributed by atoms with Crippen molar-refractivity contribution in [2.75, 3.05) is 0 Å². The summed E-state index contributed by atoms with van der Waals surface area (Å²) in [6.07, 6.45) is 5.45. The molecule has 1 aliphatic carbocycles. The van der Waals surface area contributed by atoms with Gasteiger partial charge in [0, 0.05) is 11.1 Å². The molecular weight excluding hydrogens is 560 g/mol. The lowest BCUT2D eigenvalue weighted by molar-refractivity contribution is 1.06. The third-order valence-corrected chi connectivity index (χ3v) is 8.58. The number of amidine groups is 2. The number of allylic oxidation sites excluding steroid dienone is 3. The molecular formula is C42H34N4. The summed E-state index contributed by atoms with van der Waals surface area (Å²) < 4.78 is 0. The van der Waals surface area contributed by atoms with E-state index in [0.29, 0.717) is 18.2 Å². The fourth-order valence-corrected chi connectivity index (χ4v) is 6.27. The van der Waals surface area contributed by atoms with Crippen LogP contribution in [0.3, 0.4) is 0 Å². The molecule has 0 aromatic heterocycles. The van der Waals surface area contributed by atoms with Crippen LogP contribution < -0.4 is 11.5 Å². The van der Waals surface area contributed by atoms with Crippen LogP contribution in [0, 0.1) is 0 Å². The summed E-state index contributed by atoms with van der Waals surface area (Å²) in [4.78, 5) is 9.80. The zero-order chi connectivity index (χ0) is 31.5. The summed E-state index contributed by atoms with van der Waals surface area (Å²) in [5.41, 5.74) is 24.7.